The van der Waals surface area contributed by atoms with Crippen LogP contribution in [-0.4, -0.2) is 9.97 Å². The molecule has 0 aliphatic rings. The molecule has 0 aliphatic heterocycles. The van der Waals surface area contributed by atoms with Crippen molar-refractivity contribution >= 4 is 44.0 Å². The molecule has 0 atom stereocenters. The zero-order valence-corrected chi connectivity index (χ0v) is 11.8. The summed E-state index contributed by atoms with van der Waals surface area (Å²) in [6.45, 7) is 0.821. The van der Waals surface area contributed by atoms with Gasteiger partial charge in [-0.05, 0) is 46.3 Å². The van der Waals surface area contributed by atoms with Gasteiger partial charge in [0.15, 0.2) is 0 Å². The third-order valence-electron chi connectivity index (χ3n) is 2.56. The van der Waals surface area contributed by atoms with E-state index in [2.05, 4.69) is 43.3 Å². The molecule has 5 heteroatoms. The molecule has 3 aromatic rings. The minimum absolute atomic E-state index is 0.821. The van der Waals surface area contributed by atoms with Crippen LogP contribution in [0.2, 0.25) is 0 Å². The van der Waals surface area contributed by atoms with E-state index in [0.29, 0.717) is 0 Å². The van der Waals surface area contributed by atoms with Gasteiger partial charge in [-0.2, -0.15) is 0 Å². The average Bonchev–Trinajstić information content (AvgIpc) is 2.82. The van der Waals surface area contributed by atoms with Gasteiger partial charge >= 0.3 is 0 Å². The van der Waals surface area contributed by atoms with E-state index < -0.39 is 0 Å². The molecule has 0 fully saturated rings. The highest BCUT2D eigenvalue weighted by Crippen LogP contribution is 2.23. The molecule has 3 nitrogen and oxygen atoms in total. The molecular formula is C13H10BrN3S. The first kappa shape index (κ1) is 11.6. The zero-order valence-electron chi connectivity index (χ0n) is 9.43. The average molecular weight is 320 g/mol. The highest BCUT2D eigenvalue weighted by atomic mass is 79.9. The molecule has 0 spiro atoms. The fourth-order valence-corrected chi connectivity index (χ4v) is 3.13. The molecule has 0 aliphatic carbocycles. The Bertz CT molecular complexity index is 681. The number of anilines is 1. The van der Waals surface area contributed by atoms with Crippen LogP contribution in [0, 0.1) is 0 Å². The number of halogens is 1. The summed E-state index contributed by atoms with van der Waals surface area (Å²) in [5.74, 6) is 0. The maximum atomic E-state index is 4.29. The van der Waals surface area contributed by atoms with Gasteiger partial charge in [0.1, 0.15) is 0 Å². The summed E-state index contributed by atoms with van der Waals surface area (Å²) in [6, 6.07) is 10.2. The molecule has 0 amide bonds. The van der Waals surface area contributed by atoms with Crippen molar-refractivity contribution in [2.45, 2.75) is 6.54 Å². The number of fused-ring (bicyclic) bond motifs is 1. The van der Waals surface area contributed by atoms with E-state index in [9.17, 15) is 0 Å². The van der Waals surface area contributed by atoms with Gasteiger partial charge in [-0.1, -0.05) is 0 Å². The van der Waals surface area contributed by atoms with E-state index in [-0.39, 0.29) is 0 Å². The fourth-order valence-electron chi connectivity index (χ4n) is 1.71. The smallest absolute Gasteiger partial charge is 0.0907 e. The largest absolute Gasteiger partial charge is 0.380 e. The third-order valence-corrected chi connectivity index (χ3v) is 4.19. The zero-order chi connectivity index (χ0) is 12.4. The molecule has 1 aromatic carbocycles. The van der Waals surface area contributed by atoms with Crippen LogP contribution in [0.1, 0.15) is 4.88 Å². The van der Waals surface area contributed by atoms with E-state index >= 15 is 0 Å². The van der Waals surface area contributed by atoms with Crippen molar-refractivity contribution in [1.82, 2.24) is 9.97 Å². The predicted octanol–water partition coefficient (Wildman–Crippen LogP) is 4.07. The molecule has 2 heterocycles. The minimum atomic E-state index is 0.821. The van der Waals surface area contributed by atoms with E-state index in [1.165, 1.54) is 4.88 Å². The van der Waals surface area contributed by atoms with Gasteiger partial charge in [0.05, 0.1) is 14.8 Å². The maximum Gasteiger partial charge on any atom is 0.0907 e. The molecule has 1 N–H and O–H groups in total. The van der Waals surface area contributed by atoms with Crippen LogP contribution >= 0.6 is 27.3 Å². The van der Waals surface area contributed by atoms with Gasteiger partial charge in [-0.25, -0.2) is 0 Å². The molecule has 0 saturated heterocycles. The second kappa shape index (κ2) is 5.04. The van der Waals surface area contributed by atoms with Gasteiger partial charge < -0.3 is 5.32 Å². The Kier molecular flexibility index (Phi) is 3.25. The molecular weight excluding hydrogens is 310 g/mol. The van der Waals surface area contributed by atoms with Crippen LogP contribution in [0.4, 0.5) is 5.69 Å². The lowest BCUT2D eigenvalue weighted by Gasteiger charge is -2.05. The van der Waals surface area contributed by atoms with Crippen molar-refractivity contribution in [1.29, 1.82) is 0 Å². The first-order valence-corrected chi connectivity index (χ1v) is 7.11. The van der Waals surface area contributed by atoms with Crippen LogP contribution in [0.5, 0.6) is 0 Å². The lowest BCUT2D eigenvalue weighted by Crippen LogP contribution is -1.97. The molecule has 0 radical (unpaired) electrons. The molecule has 0 unspecified atom stereocenters. The van der Waals surface area contributed by atoms with E-state index in [1.807, 2.05) is 18.2 Å². The number of nitrogens with zero attached hydrogens (tertiary/aromatic N) is 2. The Labute approximate surface area is 117 Å². The Morgan fingerprint density at radius 1 is 1.06 bits per heavy atom. The molecule has 0 bridgehead atoms. The lowest BCUT2D eigenvalue weighted by molar-refractivity contribution is 1.19. The van der Waals surface area contributed by atoms with E-state index in [4.69, 9.17) is 0 Å². The van der Waals surface area contributed by atoms with Crippen molar-refractivity contribution in [3.8, 4) is 0 Å². The number of hydrogen-bond donors (Lipinski definition) is 1. The summed E-state index contributed by atoms with van der Waals surface area (Å²) in [5.41, 5.74) is 2.89. The third kappa shape index (κ3) is 2.52. The number of hydrogen-bond acceptors (Lipinski definition) is 4. The van der Waals surface area contributed by atoms with Gasteiger partial charge in [0.25, 0.3) is 0 Å². The topological polar surface area (TPSA) is 37.8 Å². The summed E-state index contributed by atoms with van der Waals surface area (Å²) < 4.78 is 1.16. The van der Waals surface area contributed by atoms with E-state index in [0.717, 1.165) is 27.1 Å². The van der Waals surface area contributed by atoms with Gasteiger partial charge in [0.2, 0.25) is 0 Å². The van der Waals surface area contributed by atoms with Crippen LogP contribution in [0.25, 0.3) is 11.0 Å². The van der Waals surface area contributed by atoms with Crippen molar-refractivity contribution < 1.29 is 0 Å². The summed E-state index contributed by atoms with van der Waals surface area (Å²) in [4.78, 5) is 9.84. The predicted molar refractivity (Wildman–Crippen MR) is 78.9 cm³/mol. The molecule has 18 heavy (non-hydrogen) atoms. The van der Waals surface area contributed by atoms with Crippen LogP contribution in [-0.2, 0) is 6.54 Å². The number of thiophene rings is 1. The highest BCUT2D eigenvalue weighted by Gasteiger charge is 2.00. The first-order valence-electron chi connectivity index (χ1n) is 5.50. The van der Waals surface area contributed by atoms with Gasteiger partial charge in [0, 0.05) is 29.5 Å². The van der Waals surface area contributed by atoms with Crippen LogP contribution < -0.4 is 5.32 Å². The van der Waals surface area contributed by atoms with Crippen molar-refractivity contribution in [3.63, 3.8) is 0 Å². The molecule has 0 saturated carbocycles. The van der Waals surface area contributed by atoms with Crippen molar-refractivity contribution in [2.75, 3.05) is 5.32 Å². The summed E-state index contributed by atoms with van der Waals surface area (Å²) in [5, 5.41) is 3.39. The SMILES string of the molecule is Brc1ccc(CNc2ccc3nccnc3c2)s1. The van der Waals surface area contributed by atoms with Crippen molar-refractivity contribution in [3.05, 3.63) is 51.4 Å². The number of aromatic nitrogens is 2. The Morgan fingerprint density at radius 3 is 2.67 bits per heavy atom. The minimum Gasteiger partial charge on any atom is -0.380 e. The normalized spacial score (nSPS) is 10.7. The number of nitrogens with one attached hydrogen (secondary N) is 1. The van der Waals surface area contributed by atoms with Crippen LogP contribution in [0.3, 0.4) is 0 Å². The summed E-state index contributed by atoms with van der Waals surface area (Å²) in [7, 11) is 0. The first-order chi connectivity index (χ1) is 8.81. The second-order valence-electron chi connectivity index (χ2n) is 3.82. The fraction of sp³-hybridized carbons (Fsp3) is 0.0769. The summed E-state index contributed by atoms with van der Waals surface area (Å²) >= 11 is 5.20. The van der Waals surface area contributed by atoms with Crippen molar-refractivity contribution in [2.24, 2.45) is 0 Å². The Balaban J connectivity index is 1.78. The monoisotopic (exact) mass is 319 g/mol. The maximum absolute atomic E-state index is 4.29. The van der Waals surface area contributed by atoms with Gasteiger partial charge in [-0.3, -0.25) is 9.97 Å². The number of rotatable bonds is 3. The van der Waals surface area contributed by atoms with Crippen LogP contribution in [0.15, 0.2) is 46.5 Å². The van der Waals surface area contributed by atoms with Gasteiger partial charge in [-0.15, -0.1) is 11.3 Å². The summed E-state index contributed by atoms with van der Waals surface area (Å²) in [6.07, 6.45) is 3.42. The molecule has 90 valence electrons. The highest BCUT2D eigenvalue weighted by molar-refractivity contribution is 9.11. The van der Waals surface area contributed by atoms with E-state index in [1.54, 1.807) is 23.7 Å². The Hall–Kier alpha value is -1.46. The Morgan fingerprint density at radius 2 is 1.89 bits per heavy atom. The number of benzene rings is 1. The second-order valence-corrected chi connectivity index (χ2v) is 6.37. The quantitative estimate of drug-likeness (QED) is 0.790. The molecule has 2 aromatic heterocycles. The standard InChI is InChI=1S/C13H10BrN3S/c14-13-4-2-10(18-13)8-17-9-1-3-11-12(7-9)16-6-5-15-11/h1-7,17H,8H2. The lowest BCUT2D eigenvalue weighted by atomic mass is 10.2. The molecule has 3 rings (SSSR count).